The molecule has 0 amide bonds. The molecule has 112 valence electrons. The van der Waals surface area contributed by atoms with Gasteiger partial charge in [0.2, 0.25) is 5.78 Å². The number of benzene rings is 1. The normalized spacial score (nSPS) is 11.3. The fraction of sp³-hybridized carbons (Fsp3) is 0.263. The van der Waals surface area contributed by atoms with Gasteiger partial charge in [0.15, 0.2) is 0 Å². The molecule has 2 heterocycles. The Hall–Kier alpha value is -2.42. The molecule has 3 aromatic rings. The molecule has 0 aliphatic rings. The van der Waals surface area contributed by atoms with Gasteiger partial charge in [0.1, 0.15) is 5.69 Å². The topological polar surface area (TPSA) is 34.9 Å². The Labute approximate surface area is 130 Å². The predicted molar refractivity (Wildman–Crippen MR) is 89.1 cm³/mol. The molecule has 0 atom stereocenters. The van der Waals surface area contributed by atoms with Gasteiger partial charge < -0.3 is 4.57 Å². The van der Waals surface area contributed by atoms with E-state index < -0.39 is 0 Å². The Bertz CT molecular complexity index is 816. The Morgan fingerprint density at radius 3 is 2.55 bits per heavy atom. The molecule has 0 bridgehead atoms. The van der Waals surface area contributed by atoms with Crippen molar-refractivity contribution in [3.63, 3.8) is 0 Å². The van der Waals surface area contributed by atoms with E-state index in [0.717, 1.165) is 28.6 Å². The third kappa shape index (κ3) is 2.43. The summed E-state index contributed by atoms with van der Waals surface area (Å²) in [7, 11) is 2.04. The zero-order valence-electron chi connectivity index (χ0n) is 13.2. The van der Waals surface area contributed by atoms with Crippen LogP contribution < -0.4 is 0 Å². The summed E-state index contributed by atoms with van der Waals surface area (Å²) in [6, 6.07) is 13.5. The number of nitrogens with zero attached hydrogens (tertiary/aromatic N) is 2. The smallest absolute Gasteiger partial charge is 0.213 e. The molecule has 1 aromatic carbocycles. The molecule has 3 rings (SSSR count). The maximum absolute atomic E-state index is 13.0. The third-order valence-electron chi connectivity index (χ3n) is 3.95. The Morgan fingerprint density at radius 1 is 1.14 bits per heavy atom. The molecule has 0 N–H and O–H groups in total. The van der Waals surface area contributed by atoms with Crippen molar-refractivity contribution in [1.82, 2.24) is 9.55 Å². The molecule has 0 saturated carbocycles. The van der Waals surface area contributed by atoms with Crippen LogP contribution >= 0.6 is 0 Å². The quantitative estimate of drug-likeness (QED) is 0.681. The van der Waals surface area contributed by atoms with Gasteiger partial charge in [-0.1, -0.05) is 38.1 Å². The second-order valence-corrected chi connectivity index (χ2v) is 6.04. The van der Waals surface area contributed by atoms with Gasteiger partial charge in [0, 0.05) is 29.8 Å². The largest absolute Gasteiger partial charge is 0.347 e. The molecule has 3 heteroatoms. The zero-order chi connectivity index (χ0) is 15.7. The average molecular weight is 292 g/mol. The highest BCUT2D eigenvalue weighted by Crippen LogP contribution is 2.29. The van der Waals surface area contributed by atoms with Crippen molar-refractivity contribution in [2.24, 2.45) is 13.0 Å². The lowest BCUT2D eigenvalue weighted by Gasteiger charge is -2.10. The van der Waals surface area contributed by atoms with Crippen LogP contribution in [-0.4, -0.2) is 15.3 Å². The number of aromatic nitrogens is 2. The highest BCUT2D eigenvalue weighted by Gasteiger charge is 2.23. The third-order valence-corrected chi connectivity index (χ3v) is 3.95. The van der Waals surface area contributed by atoms with Crippen LogP contribution in [0.3, 0.4) is 0 Å². The standard InChI is InChI=1S/C19H20N2O/c1-13(2)12-17-18(19(22)15-9-6-7-11-20-15)14-8-4-5-10-16(14)21(17)3/h4-11,13H,12H2,1-3H3. The van der Waals surface area contributed by atoms with Crippen LogP contribution in [0.4, 0.5) is 0 Å². The van der Waals surface area contributed by atoms with Gasteiger partial charge >= 0.3 is 0 Å². The number of pyridine rings is 1. The molecule has 22 heavy (non-hydrogen) atoms. The number of carbonyl (C=O) groups is 1. The fourth-order valence-corrected chi connectivity index (χ4v) is 2.95. The second-order valence-electron chi connectivity index (χ2n) is 6.04. The predicted octanol–water partition coefficient (Wildman–Crippen LogP) is 4.00. The first-order chi connectivity index (χ1) is 10.6. The first-order valence-corrected chi connectivity index (χ1v) is 7.61. The van der Waals surface area contributed by atoms with E-state index in [0.29, 0.717) is 11.6 Å². The summed E-state index contributed by atoms with van der Waals surface area (Å²) in [5, 5.41) is 1.01. The number of aryl methyl sites for hydroxylation is 1. The number of para-hydroxylation sites is 1. The molecular formula is C19H20N2O. The Morgan fingerprint density at radius 2 is 1.86 bits per heavy atom. The van der Waals surface area contributed by atoms with Crippen molar-refractivity contribution in [1.29, 1.82) is 0 Å². The first kappa shape index (κ1) is 14.5. The van der Waals surface area contributed by atoms with Crippen LogP contribution in [-0.2, 0) is 13.5 Å². The maximum Gasteiger partial charge on any atom is 0.213 e. The summed E-state index contributed by atoms with van der Waals surface area (Å²) in [4.78, 5) is 17.2. The molecule has 0 aliphatic heterocycles. The summed E-state index contributed by atoms with van der Waals surface area (Å²) in [5.41, 5.74) is 3.48. The van der Waals surface area contributed by atoms with Crippen LogP contribution in [0.1, 0.15) is 35.6 Å². The van der Waals surface area contributed by atoms with Crippen molar-refractivity contribution in [2.75, 3.05) is 0 Å². The van der Waals surface area contributed by atoms with Crippen LogP contribution in [0.2, 0.25) is 0 Å². The van der Waals surface area contributed by atoms with E-state index in [1.165, 1.54) is 0 Å². The zero-order valence-corrected chi connectivity index (χ0v) is 13.2. The number of hydrogen-bond acceptors (Lipinski definition) is 2. The lowest BCUT2D eigenvalue weighted by Crippen LogP contribution is -2.10. The lowest BCUT2D eigenvalue weighted by atomic mass is 9.98. The van der Waals surface area contributed by atoms with Crippen molar-refractivity contribution in [3.05, 3.63) is 65.6 Å². The first-order valence-electron chi connectivity index (χ1n) is 7.61. The Balaban J connectivity index is 2.25. The lowest BCUT2D eigenvalue weighted by molar-refractivity contribution is 0.103. The molecular weight excluding hydrogens is 272 g/mol. The van der Waals surface area contributed by atoms with Gasteiger partial charge in [0.05, 0.1) is 5.56 Å². The second kappa shape index (κ2) is 5.76. The highest BCUT2D eigenvalue weighted by molar-refractivity contribution is 6.16. The SMILES string of the molecule is CC(C)Cc1c(C(=O)c2ccccn2)c2ccccc2n1C. The molecule has 0 unspecified atom stereocenters. The van der Waals surface area contributed by atoms with Gasteiger partial charge in [-0.25, -0.2) is 0 Å². The van der Waals surface area contributed by atoms with Crippen molar-refractivity contribution < 1.29 is 4.79 Å². The maximum atomic E-state index is 13.0. The van der Waals surface area contributed by atoms with Gasteiger partial charge in [-0.05, 0) is 30.5 Å². The van der Waals surface area contributed by atoms with E-state index in [1.54, 1.807) is 12.3 Å². The van der Waals surface area contributed by atoms with E-state index in [-0.39, 0.29) is 5.78 Å². The molecule has 0 radical (unpaired) electrons. The van der Waals surface area contributed by atoms with Crippen molar-refractivity contribution in [2.45, 2.75) is 20.3 Å². The summed E-state index contributed by atoms with van der Waals surface area (Å²) < 4.78 is 2.14. The van der Waals surface area contributed by atoms with Crippen LogP contribution in [0.5, 0.6) is 0 Å². The monoisotopic (exact) mass is 292 g/mol. The van der Waals surface area contributed by atoms with Gasteiger partial charge in [0.25, 0.3) is 0 Å². The van der Waals surface area contributed by atoms with E-state index in [1.807, 2.05) is 37.4 Å². The van der Waals surface area contributed by atoms with Gasteiger partial charge in [-0.2, -0.15) is 0 Å². The minimum Gasteiger partial charge on any atom is -0.347 e. The number of carbonyl (C=O) groups excluding carboxylic acids is 1. The molecule has 0 saturated heterocycles. The van der Waals surface area contributed by atoms with E-state index in [2.05, 4.69) is 29.5 Å². The number of fused-ring (bicyclic) bond motifs is 1. The fourth-order valence-electron chi connectivity index (χ4n) is 2.95. The summed E-state index contributed by atoms with van der Waals surface area (Å²) >= 11 is 0. The molecule has 3 nitrogen and oxygen atoms in total. The number of rotatable bonds is 4. The number of ketones is 1. The van der Waals surface area contributed by atoms with Crippen molar-refractivity contribution in [3.8, 4) is 0 Å². The minimum absolute atomic E-state index is 0.00745. The van der Waals surface area contributed by atoms with Crippen LogP contribution in [0.25, 0.3) is 10.9 Å². The summed E-state index contributed by atoms with van der Waals surface area (Å²) in [6.45, 7) is 4.35. The minimum atomic E-state index is 0.00745. The highest BCUT2D eigenvalue weighted by atomic mass is 16.1. The summed E-state index contributed by atoms with van der Waals surface area (Å²) in [5.74, 6) is 0.492. The van der Waals surface area contributed by atoms with Crippen LogP contribution in [0.15, 0.2) is 48.7 Å². The van der Waals surface area contributed by atoms with E-state index in [9.17, 15) is 4.79 Å². The van der Waals surface area contributed by atoms with Crippen molar-refractivity contribution >= 4 is 16.7 Å². The average Bonchev–Trinajstić information content (AvgIpc) is 2.80. The molecule has 0 aliphatic carbocycles. The van der Waals surface area contributed by atoms with Gasteiger partial charge in [-0.3, -0.25) is 9.78 Å². The molecule has 0 fully saturated rings. The van der Waals surface area contributed by atoms with Crippen LogP contribution in [0, 0.1) is 5.92 Å². The number of hydrogen-bond donors (Lipinski definition) is 0. The Kier molecular flexibility index (Phi) is 3.80. The van der Waals surface area contributed by atoms with Gasteiger partial charge in [-0.15, -0.1) is 0 Å². The molecule has 0 spiro atoms. The van der Waals surface area contributed by atoms with E-state index >= 15 is 0 Å². The summed E-state index contributed by atoms with van der Waals surface area (Å²) in [6.07, 6.45) is 2.54. The molecule has 2 aromatic heterocycles. The van der Waals surface area contributed by atoms with E-state index in [4.69, 9.17) is 0 Å².